The van der Waals surface area contributed by atoms with Gasteiger partial charge in [-0.2, -0.15) is 0 Å². The van der Waals surface area contributed by atoms with Crippen LogP contribution in [-0.4, -0.2) is 37.9 Å². The second-order valence-corrected chi connectivity index (χ2v) is 16.7. The fraction of sp³-hybridized carbons (Fsp3) is 0.811. The van der Waals surface area contributed by atoms with E-state index in [0.29, 0.717) is 19.4 Å². The van der Waals surface area contributed by atoms with Crippen molar-refractivity contribution in [3.63, 3.8) is 0 Å². The zero-order chi connectivity index (χ0) is 42.1. The van der Waals surface area contributed by atoms with Crippen molar-refractivity contribution in [1.29, 1.82) is 0 Å². The fourth-order valence-electron chi connectivity index (χ4n) is 7.11. The molecule has 1 atom stereocenters. The van der Waals surface area contributed by atoms with Gasteiger partial charge in [-0.1, -0.05) is 211 Å². The maximum absolute atomic E-state index is 12.8. The Kier molecular flexibility index (Phi) is 47.4. The van der Waals surface area contributed by atoms with E-state index in [1.807, 2.05) is 0 Å². The molecular weight excluding hydrogens is 717 g/mol. The van der Waals surface area contributed by atoms with Crippen molar-refractivity contribution in [3.05, 3.63) is 48.6 Å². The summed E-state index contributed by atoms with van der Waals surface area (Å²) < 4.78 is 17.4. The molecule has 0 aliphatic carbocycles. The van der Waals surface area contributed by atoms with Crippen LogP contribution < -0.4 is 0 Å². The van der Waals surface area contributed by atoms with Crippen LogP contribution in [0.5, 0.6) is 0 Å². The highest BCUT2D eigenvalue weighted by atomic mass is 16.6. The van der Waals surface area contributed by atoms with Crippen LogP contribution in [0.15, 0.2) is 48.6 Å². The molecule has 338 valence electrons. The van der Waals surface area contributed by atoms with Crippen LogP contribution in [0.4, 0.5) is 0 Å². The second kappa shape index (κ2) is 49.2. The first-order valence-electron chi connectivity index (χ1n) is 25.2. The molecule has 0 rings (SSSR count). The van der Waals surface area contributed by atoms with Crippen LogP contribution in [-0.2, 0) is 23.8 Å². The summed E-state index contributed by atoms with van der Waals surface area (Å²) in [7, 11) is 0. The van der Waals surface area contributed by atoms with Crippen LogP contribution in [0, 0.1) is 0 Å². The third kappa shape index (κ3) is 46.5. The summed E-state index contributed by atoms with van der Waals surface area (Å²) in [6, 6.07) is 0. The monoisotopic (exact) mass is 813 g/mol. The largest absolute Gasteiger partial charge is 0.462 e. The van der Waals surface area contributed by atoms with Crippen LogP contribution in [0.2, 0.25) is 0 Å². The number of allylic oxidation sites excluding steroid dienone is 8. The molecule has 0 heterocycles. The van der Waals surface area contributed by atoms with Crippen molar-refractivity contribution in [3.8, 4) is 0 Å². The van der Waals surface area contributed by atoms with Crippen molar-refractivity contribution >= 4 is 11.9 Å². The highest BCUT2D eigenvalue weighted by Gasteiger charge is 2.17. The van der Waals surface area contributed by atoms with E-state index in [9.17, 15) is 9.59 Å². The van der Waals surface area contributed by atoms with Gasteiger partial charge in [0, 0.05) is 19.4 Å². The Labute approximate surface area is 361 Å². The lowest BCUT2D eigenvalue weighted by molar-refractivity contribution is -0.163. The molecule has 0 N–H and O–H groups in total. The van der Waals surface area contributed by atoms with Gasteiger partial charge in [0.15, 0.2) is 6.10 Å². The number of carbonyl (C=O) groups is 2. The maximum atomic E-state index is 12.8. The molecule has 58 heavy (non-hydrogen) atoms. The number of hydrogen-bond acceptors (Lipinski definition) is 5. The Morgan fingerprint density at radius 3 is 1.26 bits per heavy atom. The van der Waals surface area contributed by atoms with Crippen LogP contribution in [0.25, 0.3) is 0 Å². The van der Waals surface area contributed by atoms with Crippen molar-refractivity contribution in [2.24, 2.45) is 0 Å². The van der Waals surface area contributed by atoms with Crippen LogP contribution >= 0.6 is 0 Å². The molecule has 0 aromatic heterocycles. The molecule has 5 nitrogen and oxygen atoms in total. The van der Waals surface area contributed by atoms with Crippen LogP contribution in [0.3, 0.4) is 0 Å². The maximum Gasteiger partial charge on any atom is 0.306 e. The van der Waals surface area contributed by atoms with E-state index in [4.69, 9.17) is 14.2 Å². The highest BCUT2D eigenvalue weighted by molar-refractivity contribution is 5.70. The lowest BCUT2D eigenvalue weighted by atomic mass is 10.0. The molecule has 5 heteroatoms. The molecule has 0 aromatic carbocycles. The molecule has 0 saturated heterocycles. The van der Waals surface area contributed by atoms with Gasteiger partial charge in [0.1, 0.15) is 6.61 Å². The van der Waals surface area contributed by atoms with Crippen molar-refractivity contribution in [2.75, 3.05) is 19.8 Å². The number of unbranched alkanes of at least 4 members (excludes halogenated alkanes) is 27. The first kappa shape index (κ1) is 55.9. The summed E-state index contributed by atoms with van der Waals surface area (Å²) in [5.41, 5.74) is 0. The first-order chi connectivity index (χ1) is 28.6. The molecule has 0 aliphatic heterocycles. The zero-order valence-corrected chi connectivity index (χ0v) is 38.8. The molecule has 0 saturated carbocycles. The topological polar surface area (TPSA) is 61.8 Å². The number of rotatable bonds is 46. The van der Waals surface area contributed by atoms with E-state index in [-0.39, 0.29) is 25.2 Å². The smallest absolute Gasteiger partial charge is 0.306 e. The van der Waals surface area contributed by atoms with E-state index in [0.717, 1.165) is 77.0 Å². The van der Waals surface area contributed by atoms with Gasteiger partial charge in [0.25, 0.3) is 0 Å². The first-order valence-corrected chi connectivity index (χ1v) is 25.2. The average molecular weight is 813 g/mol. The molecule has 0 amide bonds. The Morgan fingerprint density at radius 2 is 0.776 bits per heavy atom. The minimum absolute atomic E-state index is 0.0746. The summed E-state index contributed by atoms with van der Waals surface area (Å²) in [6.07, 6.45) is 59.7. The van der Waals surface area contributed by atoms with E-state index in [1.165, 1.54) is 141 Å². The van der Waals surface area contributed by atoms with Crippen molar-refractivity contribution < 1.29 is 23.8 Å². The molecular formula is C53H96O5. The van der Waals surface area contributed by atoms with Gasteiger partial charge in [0.2, 0.25) is 0 Å². The summed E-state index contributed by atoms with van der Waals surface area (Å²) in [6.45, 7) is 7.68. The SMILES string of the molecule is CC/C=C\C/C=C\C/C=C\CCCCCCOCC(COC(=O)CCCCCCC/C=C\CCCCCCCC)OC(=O)CCCCCCCCCCCCCCC. The summed E-state index contributed by atoms with van der Waals surface area (Å²) in [5.74, 6) is -0.411. The third-order valence-corrected chi connectivity index (χ3v) is 10.8. The Bertz CT molecular complexity index is 966. The average Bonchev–Trinajstić information content (AvgIpc) is 3.22. The van der Waals surface area contributed by atoms with E-state index in [1.54, 1.807) is 0 Å². The highest BCUT2D eigenvalue weighted by Crippen LogP contribution is 2.15. The molecule has 0 spiro atoms. The standard InChI is InChI=1S/C53H96O5/c1-4-7-10-13-16-19-22-25-27-29-31-34-37-40-43-46-52(54)57-50-51(49-56-48-45-42-39-36-33-30-26-23-20-17-14-11-8-5-2)58-53(55)47-44-41-38-35-32-28-24-21-18-15-12-9-6-3/h8,11,17,20,25-27,30,51H,4-7,9-10,12-16,18-19,21-24,28-29,31-50H2,1-3H3/b11-8-,20-17-,27-25-,30-26-. The van der Waals surface area contributed by atoms with Crippen LogP contribution in [0.1, 0.15) is 252 Å². The molecule has 0 aromatic rings. The van der Waals surface area contributed by atoms with E-state index < -0.39 is 6.10 Å². The van der Waals surface area contributed by atoms with Gasteiger partial charge >= 0.3 is 11.9 Å². The summed E-state index contributed by atoms with van der Waals surface area (Å²) in [4.78, 5) is 25.3. The van der Waals surface area contributed by atoms with Crippen molar-refractivity contribution in [1.82, 2.24) is 0 Å². The number of carbonyl (C=O) groups excluding carboxylic acids is 2. The second-order valence-electron chi connectivity index (χ2n) is 16.7. The Morgan fingerprint density at radius 1 is 0.397 bits per heavy atom. The Hall–Kier alpha value is -2.14. The third-order valence-electron chi connectivity index (χ3n) is 10.8. The predicted molar refractivity (Wildman–Crippen MR) is 251 cm³/mol. The molecule has 0 fully saturated rings. The lowest BCUT2D eigenvalue weighted by Gasteiger charge is -2.18. The van der Waals surface area contributed by atoms with Gasteiger partial charge in [-0.05, 0) is 77.0 Å². The summed E-state index contributed by atoms with van der Waals surface area (Å²) in [5, 5.41) is 0. The van der Waals surface area contributed by atoms with Gasteiger partial charge in [-0.15, -0.1) is 0 Å². The Balaban J connectivity index is 4.29. The lowest BCUT2D eigenvalue weighted by Crippen LogP contribution is -2.30. The number of ether oxygens (including phenoxy) is 3. The van der Waals surface area contributed by atoms with Gasteiger partial charge in [-0.3, -0.25) is 9.59 Å². The summed E-state index contributed by atoms with van der Waals surface area (Å²) >= 11 is 0. The predicted octanol–water partition coefficient (Wildman–Crippen LogP) is 16.8. The molecule has 0 aliphatic rings. The number of hydrogen-bond donors (Lipinski definition) is 0. The van der Waals surface area contributed by atoms with Gasteiger partial charge < -0.3 is 14.2 Å². The van der Waals surface area contributed by atoms with E-state index in [2.05, 4.69) is 69.4 Å². The zero-order valence-electron chi connectivity index (χ0n) is 38.8. The van der Waals surface area contributed by atoms with Gasteiger partial charge in [0.05, 0.1) is 6.61 Å². The minimum atomic E-state index is -0.547. The molecule has 1 unspecified atom stereocenters. The minimum Gasteiger partial charge on any atom is -0.462 e. The normalized spacial score (nSPS) is 12.5. The number of esters is 2. The fourth-order valence-corrected chi connectivity index (χ4v) is 7.11. The molecule has 0 bridgehead atoms. The van der Waals surface area contributed by atoms with E-state index >= 15 is 0 Å². The quantitative estimate of drug-likeness (QED) is 0.0348. The van der Waals surface area contributed by atoms with Gasteiger partial charge in [-0.25, -0.2) is 0 Å². The van der Waals surface area contributed by atoms with Crippen molar-refractivity contribution in [2.45, 2.75) is 258 Å². The molecule has 0 radical (unpaired) electrons.